The van der Waals surface area contributed by atoms with Crippen LogP contribution in [0.4, 0.5) is 0 Å². The molecule has 1 aliphatic carbocycles. The molecule has 1 aromatic carbocycles. The van der Waals surface area contributed by atoms with Gasteiger partial charge in [0.1, 0.15) is 0 Å². The van der Waals surface area contributed by atoms with Crippen molar-refractivity contribution in [2.75, 3.05) is 0 Å². The lowest BCUT2D eigenvalue weighted by Crippen LogP contribution is -1.86. The summed E-state index contributed by atoms with van der Waals surface area (Å²) in [5.41, 5.74) is 4.30. The van der Waals surface area contributed by atoms with Gasteiger partial charge in [-0.05, 0) is 37.8 Å². The Kier molecular flexibility index (Phi) is 1.72. The van der Waals surface area contributed by atoms with Gasteiger partial charge in [-0.2, -0.15) is 0 Å². The smallest absolute Gasteiger partial charge is 0.152 e. The predicted octanol–water partition coefficient (Wildman–Crippen LogP) is 3.17. The van der Waals surface area contributed by atoms with Crippen molar-refractivity contribution in [2.45, 2.75) is 25.7 Å². The van der Waals surface area contributed by atoms with Gasteiger partial charge in [-0.15, -0.1) is 0 Å². The highest BCUT2D eigenvalue weighted by Crippen LogP contribution is 2.42. The third-order valence-electron chi connectivity index (χ3n) is 3.13. The van der Waals surface area contributed by atoms with Crippen LogP contribution in [0, 0.1) is 6.92 Å². The van der Waals surface area contributed by atoms with E-state index in [4.69, 9.17) is 0 Å². The molecule has 76 valence electrons. The van der Waals surface area contributed by atoms with E-state index in [0.717, 1.165) is 28.4 Å². The van der Waals surface area contributed by atoms with Gasteiger partial charge in [-0.3, -0.25) is 4.79 Å². The van der Waals surface area contributed by atoms with Crippen molar-refractivity contribution >= 4 is 17.2 Å². The molecule has 1 aromatic heterocycles. The van der Waals surface area contributed by atoms with Crippen molar-refractivity contribution in [2.24, 2.45) is 0 Å². The maximum absolute atomic E-state index is 11.1. The number of hydrogen-bond acceptors (Lipinski definition) is 1. The minimum atomic E-state index is 0.595. The Hall–Kier alpha value is -1.57. The van der Waals surface area contributed by atoms with Crippen molar-refractivity contribution in [1.82, 2.24) is 4.98 Å². The third kappa shape index (κ3) is 1.29. The Labute approximate surface area is 88.3 Å². The summed E-state index contributed by atoms with van der Waals surface area (Å²) in [6, 6.07) is 6.22. The highest BCUT2D eigenvalue weighted by molar-refractivity contribution is 5.99. The van der Waals surface area contributed by atoms with Crippen LogP contribution in [0.15, 0.2) is 18.2 Å². The van der Waals surface area contributed by atoms with Gasteiger partial charge < -0.3 is 4.98 Å². The average Bonchev–Trinajstić information content (AvgIpc) is 3.00. The van der Waals surface area contributed by atoms with Gasteiger partial charge >= 0.3 is 0 Å². The first kappa shape index (κ1) is 8.72. The van der Waals surface area contributed by atoms with Gasteiger partial charge in [0.25, 0.3) is 0 Å². The SMILES string of the molecule is Cc1ccc2[nH]c(C3CC3)c(C=O)c2c1. The van der Waals surface area contributed by atoms with Gasteiger partial charge in [0, 0.05) is 22.2 Å². The zero-order valence-corrected chi connectivity index (χ0v) is 8.71. The molecule has 1 saturated carbocycles. The summed E-state index contributed by atoms with van der Waals surface area (Å²) >= 11 is 0. The number of hydrogen-bond donors (Lipinski definition) is 1. The summed E-state index contributed by atoms with van der Waals surface area (Å²) in [5, 5.41) is 1.08. The Morgan fingerprint density at radius 2 is 2.20 bits per heavy atom. The molecule has 0 aliphatic heterocycles. The molecule has 1 aliphatic rings. The van der Waals surface area contributed by atoms with E-state index in [-0.39, 0.29) is 0 Å². The Morgan fingerprint density at radius 1 is 1.40 bits per heavy atom. The molecule has 0 amide bonds. The minimum Gasteiger partial charge on any atom is -0.358 e. The lowest BCUT2D eigenvalue weighted by atomic mass is 10.1. The standard InChI is InChI=1S/C13H13NO/c1-8-2-5-12-10(6-8)11(7-15)13(14-12)9-3-4-9/h2,5-7,9,14H,3-4H2,1H3. The number of carbonyl (C=O) groups is 1. The zero-order chi connectivity index (χ0) is 10.4. The fraction of sp³-hybridized carbons (Fsp3) is 0.308. The van der Waals surface area contributed by atoms with E-state index in [1.807, 2.05) is 0 Å². The first-order chi connectivity index (χ1) is 7.29. The number of aromatic amines is 1. The van der Waals surface area contributed by atoms with Crippen LogP contribution in [0.3, 0.4) is 0 Å². The highest BCUT2D eigenvalue weighted by atomic mass is 16.1. The van der Waals surface area contributed by atoms with Gasteiger partial charge in [-0.25, -0.2) is 0 Å². The summed E-state index contributed by atoms with van der Waals surface area (Å²) in [6.45, 7) is 2.05. The molecule has 1 N–H and O–H groups in total. The number of aryl methyl sites for hydroxylation is 1. The maximum atomic E-state index is 11.1. The number of aldehydes is 1. The average molecular weight is 199 g/mol. The Balaban J connectivity index is 2.32. The van der Waals surface area contributed by atoms with Crippen molar-refractivity contribution in [1.29, 1.82) is 0 Å². The van der Waals surface area contributed by atoms with Crippen molar-refractivity contribution in [3.63, 3.8) is 0 Å². The van der Waals surface area contributed by atoms with E-state index in [9.17, 15) is 4.79 Å². The minimum absolute atomic E-state index is 0.595. The molecule has 15 heavy (non-hydrogen) atoms. The largest absolute Gasteiger partial charge is 0.358 e. The van der Waals surface area contributed by atoms with Crippen molar-refractivity contribution < 1.29 is 4.79 Å². The topological polar surface area (TPSA) is 32.9 Å². The van der Waals surface area contributed by atoms with Crippen LogP contribution in [0.5, 0.6) is 0 Å². The van der Waals surface area contributed by atoms with Crippen LogP contribution in [0.1, 0.15) is 40.4 Å². The fourth-order valence-corrected chi connectivity index (χ4v) is 2.17. The van der Waals surface area contributed by atoms with Crippen LogP contribution in [0.25, 0.3) is 10.9 Å². The lowest BCUT2D eigenvalue weighted by molar-refractivity contribution is 0.112. The summed E-state index contributed by atoms with van der Waals surface area (Å²) in [6.07, 6.45) is 3.42. The number of H-pyrrole nitrogens is 1. The second-order valence-electron chi connectivity index (χ2n) is 4.39. The van der Waals surface area contributed by atoms with E-state index < -0.39 is 0 Å². The van der Waals surface area contributed by atoms with E-state index in [1.165, 1.54) is 18.4 Å². The predicted molar refractivity (Wildman–Crippen MR) is 60.4 cm³/mol. The molecule has 0 saturated heterocycles. The zero-order valence-electron chi connectivity index (χ0n) is 8.71. The first-order valence-electron chi connectivity index (χ1n) is 5.37. The van der Waals surface area contributed by atoms with Crippen LogP contribution >= 0.6 is 0 Å². The molecular formula is C13H13NO. The molecule has 1 fully saturated rings. The first-order valence-corrected chi connectivity index (χ1v) is 5.37. The van der Waals surface area contributed by atoms with Crippen LogP contribution in [0.2, 0.25) is 0 Å². The third-order valence-corrected chi connectivity index (χ3v) is 3.13. The van der Waals surface area contributed by atoms with Gasteiger partial charge in [-0.1, -0.05) is 11.6 Å². The van der Waals surface area contributed by atoms with E-state index in [0.29, 0.717) is 5.92 Å². The van der Waals surface area contributed by atoms with Crippen LogP contribution in [-0.2, 0) is 0 Å². The van der Waals surface area contributed by atoms with Gasteiger partial charge in [0.2, 0.25) is 0 Å². The van der Waals surface area contributed by atoms with E-state index in [1.54, 1.807) is 0 Å². The summed E-state index contributed by atoms with van der Waals surface area (Å²) in [4.78, 5) is 14.5. The second-order valence-corrected chi connectivity index (χ2v) is 4.39. The molecule has 0 radical (unpaired) electrons. The van der Waals surface area contributed by atoms with Crippen molar-refractivity contribution in [3.8, 4) is 0 Å². The van der Waals surface area contributed by atoms with Crippen LogP contribution < -0.4 is 0 Å². The number of fused-ring (bicyclic) bond motifs is 1. The highest BCUT2D eigenvalue weighted by Gasteiger charge is 2.28. The van der Waals surface area contributed by atoms with Crippen molar-refractivity contribution in [3.05, 3.63) is 35.0 Å². The number of benzene rings is 1. The molecule has 2 aromatic rings. The molecule has 0 spiro atoms. The second kappa shape index (κ2) is 2.96. The molecule has 1 heterocycles. The summed E-state index contributed by atoms with van der Waals surface area (Å²) in [7, 11) is 0. The van der Waals surface area contributed by atoms with Crippen LogP contribution in [-0.4, -0.2) is 11.3 Å². The molecule has 2 heteroatoms. The Morgan fingerprint density at radius 3 is 2.87 bits per heavy atom. The number of carbonyl (C=O) groups excluding carboxylic acids is 1. The molecule has 3 rings (SSSR count). The van der Waals surface area contributed by atoms with E-state index >= 15 is 0 Å². The summed E-state index contributed by atoms with van der Waals surface area (Å²) in [5.74, 6) is 0.595. The Bertz CT molecular complexity index is 535. The van der Waals surface area contributed by atoms with Gasteiger partial charge in [0.15, 0.2) is 6.29 Å². The fourth-order valence-electron chi connectivity index (χ4n) is 2.17. The molecule has 0 bridgehead atoms. The quantitative estimate of drug-likeness (QED) is 0.740. The maximum Gasteiger partial charge on any atom is 0.152 e. The van der Waals surface area contributed by atoms with Gasteiger partial charge in [0.05, 0.1) is 0 Å². The normalized spacial score (nSPS) is 15.8. The molecule has 0 atom stereocenters. The number of aromatic nitrogens is 1. The van der Waals surface area contributed by atoms with E-state index in [2.05, 4.69) is 30.1 Å². The number of rotatable bonds is 2. The molecule has 0 unspecified atom stereocenters. The lowest BCUT2D eigenvalue weighted by Gasteiger charge is -1.94. The molecule has 2 nitrogen and oxygen atoms in total. The number of nitrogens with one attached hydrogen (secondary N) is 1. The monoisotopic (exact) mass is 199 g/mol. The molecular weight excluding hydrogens is 186 g/mol. The summed E-state index contributed by atoms with van der Waals surface area (Å²) < 4.78 is 0.